The minimum atomic E-state index is 0.579. The maximum Gasteiger partial charge on any atom is 0.139 e. The van der Waals surface area contributed by atoms with Crippen molar-refractivity contribution in [3.63, 3.8) is 0 Å². The topological polar surface area (TPSA) is 63.1 Å². The van der Waals surface area contributed by atoms with E-state index in [0.717, 1.165) is 17.0 Å². The lowest BCUT2D eigenvalue weighted by atomic mass is 10.1. The van der Waals surface area contributed by atoms with E-state index in [1.54, 1.807) is 0 Å². The number of nitrogens with zero attached hydrogens (tertiary/aromatic N) is 3. The fourth-order valence-corrected chi connectivity index (χ4v) is 3.32. The van der Waals surface area contributed by atoms with Crippen LogP contribution < -0.4 is 5.32 Å². The van der Waals surface area contributed by atoms with Crippen LogP contribution in [0.4, 0.5) is 0 Å². The number of nitrogens with one attached hydrogen (secondary N) is 1. The van der Waals surface area contributed by atoms with Gasteiger partial charge in [-0.25, -0.2) is 9.97 Å². The van der Waals surface area contributed by atoms with Crippen molar-refractivity contribution in [3.8, 4) is 0 Å². The molecule has 4 heterocycles. The Hall–Kier alpha value is -1.88. The van der Waals surface area contributed by atoms with Crippen LogP contribution in [-0.2, 0) is 0 Å². The van der Waals surface area contributed by atoms with Crippen LogP contribution in [0.25, 0.3) is 22.1 Å². The summed E-state index contributed by atoms with van der Waals surface area (Å²) in [5, 5.41) is 3.59. The van der Waals surface area contributed by atoms with Gasteiger partial charge in [-0.1, -0.05) is 0 Å². The van der Waals surface area contributed by atoms with E-state index in [4.69, 9.17) is 4.98 Å². The van der Waals surface area contributed by atoms with Gasteiger partial charge in [-0.3, -0.25) is 0 Å². The van der Waals surface area contributed by atoms with Gasteiger partial charge >= 0.3 is 0 Å². The molecule has 0 atom stereocenters. The van der Waals surface area contributed by atoms with E-state index in [1.165, 1.54) is 36.8 Å². The Labute approximate surface area is 111 Å². The number of hydrogen-bond acceptors (Lipinski definition) is 2. The van der Waals surface area contributed by atoms with E-state index in [0.29, 0.717) is 6.04 Å². The third-order valence-electron chi connectivity index (χ3n) is 4.18. The van der Waals surface area contributed by atoms with Gasteiger partial charge < -0.3 is 14.9 Å². The Bertz CT molecular complexity index is 733. The van der Waals surface area contributed by atoms with Crippen molar-refractivity contribution in [3.05, 3.63) is 24.3 Å². The Morgan fingerprint density at radius 2 is 2.21 bits per heavy atom. The zero-order chi connectivity index (χ0) is 12.8. The SMILES string of the molecule is Cc1nc2cnc3[nH]ccc3c2n1C1CC[NH2+]CC1. The van der Waals surface area contributed by atoms with Crippen molar-refractivity contribution in [2.24, 2.45) is 0 Å². The zero-order valence-electron chi connectivity index (χ0n) is 11.1. The number of pyridine rings is 1. The van der Waals surface area contributed by atoms with E-state index < -0.39 is 0 Å². The lowest BCUT2D eigenvalue weighted by molar-refractivity contribution is -0.664. The van der Waals surface area contributed by atoms with E-state index in [1.807, 2.05) is 12.4 Å². The highest BCUT2D eigenvalue weighted by molar-refractivity contribution is 6.01. The molecule has 0 bridgehead atoms. The van der Waals surface area contributed by atoms with Crippen LogP contribution >= 0.6 is 0 Å². The molecular formula is C14H18N5+. The Kier molecular flexibility index (Phi) is 2.35. The monoisotopic (exact) mass is 256 g/mol. The van der Waals surface area contributed by atoms with Crippen LogP contribution in [0, 0.1) is 6.92 Å². The standard InChI is InChI=1S/C14H17N5/c1-9-18-12-8-17-14-11(4-7-16-14)13(12)19(9)10-2-5-15-6-3-10/h4,7-8,10,15H,2-3,5-6H2,1H3,(H,16,17)/p+1. The molecule has 3 aromatic heterocycles. The molecular weight excluding hydrogens is 238 g/mol. The molecule has 98 valence electrons. The van der Waals surface area contributed by atoms with Crippen LogP contribution in [0.2, 0.25) is 0 Å². The first-order chi connectivity index (χ1) is 9.34. The summed E-state index contributed by atoms with van der Waals surface area (Å²) in [5.41, 5.74) is 3.21. The first-order valence-corrected chi connectivity index (χ1v) is 6.97. The summed E-state index contributed by atoms with van der Waals surface area (Å²) in [7, 11) is 0. The summed E-state index contributed by atoms with van der Waals surface area (Å²) in [4.78, 5) is 12.3. The number of aromatic nitrogens is 4. The van der Waals surface area contributed by atoms with Crippen LogP contribution in [0.1, 0.15) is 24.7 Å². The van der Waals surface area contributed by atoms with Crippen LogP contribution in [-0.4, -0.2) is 32.6 Å². The predicted molar refractivity (Wildman–Crippen MR) is 74.1 cm³/mol. The molecule has 0 amide bonds. The normalized spacial score (nSPS) is 17.5. The average molecular weight is 256 g/mol. The molecule has 0 radical (unpaired) electrons. The fraction of sp³-hybridized carbons (Fsp3) is 0.429. The Morgan fingerprint density at radius 3 is 3.05 bits per heavy atom. The maximum atomic E-state index is 4.69. The first-order valence-electron chi connectivity index (χ1n) is 6.97. The van der Waals surface area contributed by atoms with Gasteiger partial charge in [-0.05, 0) is 13.0 Å². The second-order valence-electron chi connectivity index (χ2n) is 5.36. The molecule has 0 aliphatic carbocycles. The molecule has 5 nitrogen and oxygen atoms in total. The van der Waals surface area contributed by atoms with Gasteiger partial charge in [0.05, 0.1) is 24.8 Å². The highest BCUT2D eigenvalue weighted by atomic mass is 15.1. The van der Waals surface area contributed by atoms with Crippen molar-refractivity contribution in [2.75, 3.05) is 13.1 Å². The highest BCUT2D eigenvalue weighted by Crippen LogP contribution is 2.29. The number of fused-ring (bicyclic) bond motifs is 3. The zero-order valence-corrected chi connectivity index (χ0v) is 11.1. The largest absolute Gasteiger partial charge is 0.346 e. The highest BCUT2D eigenvalue weighted by Gasteiger charge is 2.22. The second-order valence-corrected chi connectivity index (χ2v) is 5.36. The number of rotatable bonds is 1. The summed E-state index contributed by atoms with van der Waals surface area (Å²) < 4.78 is 2.43. The number of quaternary nitrogens is 1. The Balaban J connectivity index is 2.01. The van der Waals surface area contributed by atoms with Crippen LogP contribution in [0.15, 0.2) is 18.5 Å². The molecule has 1 saturated heterocycles. The van der Waals surface area contributed by atoms with Gasteiger partial charge in [0.2, 0.25) is 0 Å². The summed E-state index contributed by atoms with van der Waals surface area (Å²) in [5.74, 6) is 1.11. The lowest BCUT2D eigenvalue weighted by Crippen LogP contribution is -2.86. The fourth-order valence-electron chi connectivity index (χ4n) is 3.32. The molecule has 19 heavy (non-hydrogen) atoms. The van der Waals surface area contributed by atoms with Crippen LogP contribution in [0.5, 0.6) is 0 Å². The maximum absolute atomic E-state index is 4.69. The number of nitrogens with two attached hydrogens (primary N) is 1. The second kappa shape index (κ2) is 4.06. The van der Waals surface area contributed by atoms with Gasteiger partial charge in [0.1, 0.15) is 17.0 Å². The number of piperidine rings is 1. The Morgan fingerprint density at radius 1 is 1.37 bits per heavy atom. The first kappa shape index (κ1) is 11.0. The van der Waals surface area contributed by atoms with Crippen molar-refractivity contribution in [1.29, 1.82) is 0 Å². The summed E-state index contributed by atoms with van der Waals surface area (Å²) in [6.07, 6.45) is 6.28. The number of aryl methyl sites for hydroxylation is 1. The molecule has 1 fully saturated rings. The summed E-state index contributed by atoms with van der Waals surface area (Å²) in [6, 6.07) is 2.69. The van der Waals surface area contributed by atoms with E-state index in [9.17, 15) is 0 Å². The van der Waals surface area contributed by atoms with Gasteiger partial charge in [0.25, 0.3) is 0 Å². The van der Waals surface area contributed by atoms with Gasteiger partial charge in [0.15, 0.2) is 0 Å². The van der Waals surface area contributed by atoms with Gasteiger partial charge in [-0.15, -0.1) is 0 Å². The van der Waals surface area contributed by atoms with Crippen LogP contribution in [0.3, 0.4) is 0 Å². The number of imidazole rings is 1. The van der Waals surface area contributed by atoms with Gasteiger partial charge in [-0.2, -0.15) is 0 Å². The lowest BCUT2D eigenvalue weighted by Gasteiger charge is -2.23. The quantitative estimate of drug-likeness (QED) is 0.685. The third kappa shape index (κ3) is 1.58. The molecule has 3 aromatic rings. The molecule has 1 aliphatic heterocycles. The molecule has 0 spiro atoms. The average Bonchev–Trinajstić information content (AvgIpc) is 3.02. The number of aromatic amines is 1. The van der Waals surface area contributed by atoms with Crippen molar-refractivity contribution >= 4 is 22.1 Å². The van der Waals surface area contributed by atoms with Gasteiger partial charge in [0, 0.05) is 30.5 Å². The smallest absolute Gasteiger partial charge is 0.139 e. The molecule has 4 rings (SSSR count). The summed E-state index contributed by atoms with van der Waals surface area (Å²) in [6.45, 7) is 4.53. The molecule has 0 aromatic carbocycles. The van der Waals surface area contributed by atoms with E-state index >= 15 is 0 Å². The van der Waals surface area contributed by atoms with E-state index in [2.05, 4.69) is 32.8 Å². The molecule has 3 N–H and O–H groups in total. The summed E-state index contributed by atoms with van der Waals surface area (Å²) >= 11 is 0. The van der Waals surface area contributed by atoms with Crippen molar-refractivity contribution < 1.29 is 5.32 Å². The van der Waals surface area contributed by atoms with E-state index in [-0.39, 0.29) is 0 Å². The molecule has 5 heteroatoms. The molecule has 1 aliphatic rings. The number of hydrogen-bond donors (Lipinski definition) is 2. The minimum absolute atomic E-state index is 0.579. The molecule has 0 unspecified atom stereocenters. The van der Waals surface area contributed by atoms with Crippen molar-refractivity contribution in [2.45, 2.75) is 25.8 Å². The molecule has 0 saturated carbocycles. The minimum Gasteiger partial charge on any atom is -0.346 e. The van der Waals surface area contributed by atoms with Crippen molar-refractivity contribution in [1.82, 2.24) is 19.5 Å². The number of H-pyrrole nitrogens is 1. The third-order valence-corrected chi connectivity index (χ3v) is 4.18. The predicted octanol–water partition coefficient (Wildman–Crippen LogP) is 1.12.